The van der Waals surface area contributed by atoms with Crippen LogP contribution in [-0.4, -0.2) is 43.2 Å². The molecule has 134 valence electrons. The molecule has 2 aromatic rings. The molecule has 5 nitrogen and oxygen atoms in total. The third-order valence-electron chi connectivity index (χ3n) is 4.04. The molecule has 1 amide bonds. The Kier molecular flexibility index (Phi) is 6.67. The Morgan fingerprint density at radius 1 is 1.16 bits per heavy atom. The number of amides is 1. The number of fused-ring (bicyclic) bond motifs is 1. The molecule has 0 radical (unpaired) electrons. The molecule has 0 aliphatic carbocycles. The molecule has 1 aliphatic heterocycles. The van der Waals surface area contributed by atoms with Gasteiger partial charge in [-0.05, 0) is 24.1 Å². The van der Waals surface area contributed by atoms with Gasteiger partial charge in [0.25, 0.3) is 0 Å². The van der Waals surface area contributed by atoms with Crippen LogP contribution in [0.15, 0.2) is 54.6 Å². The second-order valence-electron chi connectivity index (χ2n) is 6.01. The first-order valence-electron chi connectivity index (χ1n) is 8.06. The molecule has 0 bridgehead atoms. The Morgan fingerprint density at radius 3 is 2.52 bits per heavy atom. The van der Waals surface area contributed by atoms with E-state index in [1.165, 1.54) is 0 Å². The third-order valence-corrected chi connectivity index (χ3v) is 4.04. The van der Waals surface area contributed by atoms with Crippen molar-refractivity contribution >= 4 is 18.3 Å². The lowest BCUT2D eigenvalue weighted by atomic mass is 10.1. The van der Waals surface area contributed by atoms with Gasteiger partial charge < -0.3 is 20.1 Å². The van der Waals surface area contributed by atoms with Crippen molar-refractivity contribution in [3.8, 4) is 11.5 Å². The van der Waals surface area contributed by atoms with E-state index in [1.54, 1.807) is 11.9 Å². The zero-order chi connectivity index (χ0) is 16.9. The van der Waals surface area contributed by atoms with Gasteiger partial charge in [-0.1, -0.05) is 42.5 Å². The smallest absolute Gasteiger partial charge is 0.239 e. The molecule has 3 rings (SSSR count). The molecule has 1 heterocycles. The monoisotopic (exact) mass is 362 g/mol. The summed E-state index contributed by atoms with van der Waals surface area (Å²) in [5, 5.41) is 0. The first-order valence-corrected chi connectivity index (χ1v) is 8.06. The van der Waals surface area contributed by atoms with Gasteiger partial charge in [0.05, 0.1) is 12.6 Å². The van der Waals surface area contributed by atoms with E-state index in [9.17, 15) is 4.79 Å². The van der Waals surface area contributed by atoms with E-state index in [4.69, 9.17) is 15.2 Å². The van der Waals surface area contributed by atoms with Gasteiger partial charge in [-0.25, -0.2) is 0 Å². The number of nitrogens with two attached hydrogens (primary N) is 1. The van der Waals surface area contributed by atoms with Crippen molar-refractivity contribution in [3.63, 3.8) is 0 Å². The summed E-state index contributed by atoms with van der Waals surface area (Å²) in [7, 11) is 1.75. The lowest BCUT2D eigenvalue weighted by Crippen LogP contribution is -2.48. The molecule has 1 unspecified atom stereocenters. The second kappa shape index (κ2) is 8.74. The fourth-order valence-corrected chi connectivity index (χ4v) is 2.79. The Hall–Kier alpha value is -2.24. The van der Waals surface area contributed by atoms with Gasteiger partial charge in [0.2, 0.25) is 5.91 Å². The van der Waals surface area contributed by atoms with Crippen LogP contribution in [0.2, 0.25) is 0 Å². The van der Waals surface area contributed by atoms with Gasteiger partial charge in [-0.15, -0.1) is 12.4 Å². The van der Waals surface area contributed by atoms with Crippen LogP contribution >= 0.6 is 12.4 Å². The van der Waals surface area contributed by atoms with Crippen molar-refractivity contribution in [1.29, 1.82) is 0 Å². The SMILES string of the molecule is CN(CC1COc2ccccc2O1)C(=O)[C@@H](N)Cc1ccccc1.Cl. The molecule has 2 aromatic carbocycles. The predicted octanol–water partition coefficient (Wildman–Crippen LogP) is 2.28. The van der Waals surface area contributed by atoms with E-state index >= 15 is 0 Å². The van der Waals surface area contributed by atoms with Crippen LogP contribution in [-0.2, 0) is 11.2 Å². The first-order chi connectivity index (χ1) is 11.6. The Balaban J connectivity index is 0.00000225. The maximum absolute atomic E-state index is 12.5. The highest BCUT2D eigenvalue weighted by atomic mass is 35.5. The van der Waals surface area contributed by atoms with Gasteiger partial charge in [0.1, 0.15) is 6.61 Å². The summed E-state index contributed by atoms with van der Waals surface area (Å²) >= 11 is 0. The molecule has 0 spiro atoms. The van der Waals surface area contributed by atoms with E-state index < -0.39 is 6.04 Å². The highest BCUT2D eigenvalue weighted by Crippen LogP contribution is 2.30. The fraction of sp³-hybridized carbons (Fsp3) is 0.316. The van der Waals surface area contributed by atoms with Crippen LogP contribution in [0.5, 0.6) is 11.5 Å². The van der Waals surface area contributed by atoms with Crippen LogP contribution in [0.3, 0.4) is 0 Å². The summed E-state index contributed by atoms with van der Waals surface area (Å²) in [6.45, 7) is 0.859. The predicted molar refractivity (Wildman–Crippen MR) is 99.4 cm³/mol. The number of carbonyl (C=O) groups excluding carboxylic acids is 1. The van der Waals surface area contributed by atoms with E-state index in [-0.39, 0.29) is 24.4 Å². The second-order valence-corrected chi connectivity index (χ2v) is 6.01. The van der Waals surface area contributed by atoms with E-state index in [0.717, 1.165) is 11.3 Å². The summed E-state index contributed by atoms with van der Waals surface area (Å²) in [5.74, 6) is 1.35. The molecule has 0 aromatic heterocycles. The largest absolute Gasteiger partial charge is 0.486 e. The Labute approximate surface area is 154 Å². The molecule has 0 saturated carbocycles. The molecule has 2 N–H and O–H groups in total. The van der Waals surface area contributed by atoms with Crippen LogP contribution in [0.25, 0.3) is 0 Å². The molecule has 1 aliphatic rings. The van der Waals surface area contributed by atoms with Crippen molar-refractivity contribution in [2.24, 2.45) is 5.73 Å². The zero-order valence-corrected chi connectivity index (χ0v) is 14.9. The number of hydrogen-bond acceptors (Lipinski definition) is 4. The topological polar surface area (TPSA) is 64.8 Å². The average Bonchev–Trinajstić information content (AvgIpc) is 2.61. The van der Waals surface area contributed by atoms with Crippen molar-refractivity contribution in [2.75, 3.05) is 20.2 Å². The van der Waals surface area contributed by atoms with Gasteiger partial charge in [-0.2, -0.15) is 0 Å². The number of benzene rings is 2. The molecule has 2 atom stereocenters. The van der Waals surface area contributed by atoms with Crippen molar-refractivity contribution in [2.45, 2.75) is 18.6 Å². The van der Waals surface area contributed by atoms with Crippen LogP contribution in [0.1, 0.15) is 5.56 Å². The normalized spacial score (nSPS) is 16.5. The van der Waals surface area contributed by atoms with Crippen molar-refractivity contribution < 1.29 is 14.3 Å². The lowest BCUT2D eigenvalue weighted by molar-refractivity contribution is -0.132. The standard InChI is InChI=1S/C19H22N2O3.ClH/c1-21(19(22)16(20)11-14-7-3-2-4-8-14)12-15-13-23-17-9-5-6-10-18(17)24-15;/h2-10,15-16H,11-13,20H2,1H3;1H/t15?,16-;/m0./s1. The van der Waals surface area contributed by atoms with E-state index in [1.807, 2.05) is 54.6 Å². The van der Waals surface area contributed by atoms with Crippen LogP contribution in [0.4, 0.5) is 0 Å². The van der Waals surface area contributed by atoms with Gasteiger partial charge >= 0.3 is 0 Å². The van der Waals surface area contributed by atoms with Crippen LogP contribution < -0.4 is 15.2 Å². The maximum atomic E-state index is 12.5. The minimum atomic E-state index is -0.561. The quantitative estimate of drug-likeness (QED) is 0.886. The molecule has 0 saturated heterocycles. The lowest BCUT2D eigenvalue weighted by Gasteiger charge is -2.30. The van der Waals surface area contributed by atoms with Crippen molar-refractivity contribution in [1.82, 2.24) is 4.90 Å². The molecule has 25 heavy (non-hydrogen) atoms. The third kappa shape index (κ3) is 4.87. The zero-order valence-electron chi connectivity index (χ0n) is 14.1. The van der Waals surface area contributed by atoms with Gasteiger partial charge in [-0.3, -0.25) is 4.79 Å². The van der Waals surface area contributed by atoms with Crippen LogP contribution in [0, 0.1) is 0 Å². The minimum absolute atomic E-state index is 0. The summed E-state index contributed by atoms with van der Waals surface area (Å²) in [4.78, 5) is 14.1. The summed E-state index contributed by atoms with van der Waals surface area (Å²) in [5.41, 5.74) is 7.12. The minimum Gasteiger partial charge on any atom is -0.486 e. The van der Waals surface area contributed by atoms with Crippen molar-refractivity contribution in [3.05, 3.63) is 60.2 Å². The number of likely N-dealkylation sites (N-methyl/N-ethyl adjacent to an activating group) is 1. The highest BCUT2D eigenvalue weighted by Gasteiger charge is 2.25. The van der Waals surface area contributed by atoms with Gasteiger partial charge in [0, 0.05) is 7.05 Å². The van der Waals surface area contributed by atoms with E-state index in [0.29, 0.717) is 25.3 Å². The number of rotatable bonds is 5. The first kappa shape index (κ1) is 19.1. The number of carbonyl (C=O) groups is 1. The molecule has 0 fully saturated rings. The van der Waals surface area contributed by atoms with Gasteiger partial charge in [0.15, 0.2) is 17.6 Å². The summed E-state index contributed by atoms with van der Waals surface area (Å²) in [6, 6.07) is 16.8. The molecule has 6 heteroatoms. The summed E-state index contributed by atoms with van der Waals surface area (Å²) in [6.07, 6.45) is 0.326. The number of para-hydroxylation sites is 2. The Morgan fingerprint density at radius 2 is 1.80 bits per heavy atom. The fourth-order valence-electron chi connectivity index (χ4n) is 2.79. The summed E-state index contributed by atoms with van der Waals surface area (Å²) < 4.78 is 11.6. The van der Waals surface area contributed by atoms with E-state index in [2.05, 4.69) is 0 Å². The molecular weight excluding hydrogens is 340 g/mol. The number of ether oxygens (including phenoxy) is 2. The highest BCUT2D eigenvalue weighted by molar-refractivity contribution is 5.85. The molecular formula is C19H23ClN2O3. The number of nitrogens with zero attached hydrogens (tertiary/aromatic N) is 1. The Bertz CT molecular complexity index is 696. The maximum Gasteiger partial charge on any atom is 0.239 e. The number of hydrogen-bond donors (Lipinski definition) is 1. The number of halogens is 1. The average molecular weight is 363 g/mol.